The summed E-state index contributed by atoms with van der Waals surface area (Å²) in [5, 5.41) is 1.11. The molecule has 0 unspecified atom stereocenters. The van der Waals surface area contributed by atoms with Crippen LogP contribution in [0, 0.1) is 0 Å². The van der Waals surface area contributed by atoms with Gasteiger partial charge in [-0.25, -0.2) is 9.38 Å². The molecule has 4 nitrogen and oxygen atoms in total. The van der Waals surface area contributed by atoms with Gasteiger partial charge in [-0.15, -0.1) is 0 Å². The highest BCUT2D eigenvalue weighted by Crippen LogP contribution is 2.50. The molecule has 3 aromatic carbocycles. The molecular weight excluding hydrogens is 458 g/mol. The molecule has 0 amide bonds. The molecule has 0 bridgehead atoms. The smallest absolute Gasteiger partial charge is 0.274 e. The lowest BCUT2D eigenvalue weighted by Gasteiger charge is -2.21. The van der Waals surface area contributed by atoms with Crippen LogP contribution < -0.4 is 10.1 Å². The maximum absolute atomic E-state index is 13.2. The Morgan fingerprint density at radius 3 is 2.26 bits per heavy atom. The molecule has 166 valence electrons. The summed E-state index contributed by atoms with van der Waals surface area (Å²) < 4.78 is 2.40. The molecule has 0 saturated heterocycles. The summed E-state index contributed by atoms with van der Waals surface area (Å²) in [6.45, 7) is 2.99. The zero-order chi connectivity index (χ0) is 23.1. The van der Waals surface area contributed by atoms with Crippen molar-refractivity contribution in [2.45, 2.75) is 6.92 Å². The quantitative estimate of drug-likeness (QED) is 0.324. The third-order valence-corrected chi connectivity index (χ3v) is 8.07. The first kappa shape index (κ1) is 21.0. The summed E-state index contributed by atoms with van der Waals surface area (Å²) in [6, 6.07) is 28.8. The van der Waals surface area contributed by atoms with Gasteiger partial charge in [0.25, 0.3) is 5.56 Å². The van der Waals surface area contributed by atoms with Crippen LogP contribution in [-0.2, 0) is 0 Å². The second kappa shape index (κ2) is 8.63. The van der Waals surface area contributed by atoms with Crippen molar-refractivity contribution in [2.75, 3.05) is 6.54 Å². The summed E-state index contributed by atoms with van der Waals surface area (Å²) in [4.78, 5) is 22.1. The lowest BCUT2D eigenvalue weighted by Crippen LogP contribution is -2.22. The SMILES string of the molecule is CCN1C(c2ccccc2)=C(c2ccccc2)S/C1=C\C=c1\sc2nc3ccccc3n2c1=O. The number of hydrogen-bond acceptors (Lipinski definition) is 5. The molecule has 0 fully saturated rings. The first-order chi connectivity index (χ1) is 16.7. The number of hydrogen-bond donors (Lipinski definition) is 0. The number of benzene rings is 3. The van der Waals surface area contributed by atoms with Gasteiger partial charge in [-0.05, 0) is 42.3 Å². The van der Waals surface area contributed by atoms with Crippen LogP contribution in [0.5, 0.6) is 0 Å². The van der Waals surface area contributed by atoms with E-state index in [0.29, 0.717) is 4.53 Å². The first-order valence-electron chi connectivity index (χ1n) is 11.2. The predicted octanol–water partition coefficient (Wildman–Crippen LogP) is 5.84. The Kier molecular flexibility index (Phi) is 5.32. The number of nitrogens with zero attached hydrogens (tertiary/aromatic N) is 3. The van der Waals surface area contributed by atoms with Crippen LogP contribution in [0.15, 0.2) is 101 Å². The Bertz CT molecular complexity index is 1680. The predicted molar refractivity (Wildman–Crippen MR) is 144 cm³/mol. The van der Waals surface area contributed by atoms with Crippen LogP contribution in [0.2, 0.25) is 0 Å². The minimum Gasteiger partial charge on any atom is -0.335 e. The van der Waals surface area contributed by atoms with Crippen molar-refractivity contribution in [3.63, 3.8) is 0 Å². The number of fused-ring (bicyclic) bond motifs is 3. The number of thiazole rings is 1. The van der Waals surface area contributed by atoms with Crippen LogP contribution in [0.4, 0.5) is 0 Å². The molecular formula is C28H21N3OS2. The third-order valence-electron chi connectivity index (χ3n) is 5.88. The van der Waals surface area contributed by atoms with Crippen molar-refractivity contribution in [1.82, 2.24) is 14.3 Å². The van der Waals surface area contributed by atoms with Crippen LogP contribution in [-0.4, -0.2) is 20.8 Å². The summed E-state index contributed by atoms with van der Waals surface area (Å²) in [5.41, 5.74) is 5.27. The maximum Gasteiger partial charge on any atom is 0.274 e. The topological polar surface area (TPSA) is 37.6 Å². The molecule has 1 aliphatic rings. The zero-order valence-electron chi connectivity index (χ0n) is 18.5. The summed E-state index contributed by atoms with van der Waals surface area (Å²) in [6.07, 6.45) is 4.01. The van der Waals surface area contributed by atoms with Crippen molar-refractivity contribution in [3.8, 4) is 0 Å². The second-order valence-electron chi connectivity index (χ2n) is 7.92. The Balaban J connectivity index is 1.47. The minimum atomic E-state index is -0.0175. The fourth-order valence-corrected chi connectivity index (χ4v) is 6.50. The average Bonchev–Trinajstić information content (AvgIpc) is 3.54. The minimum absolute atomic E-state index is 0.0175. The molecule has 0 radical (unpaired) electrons. The highest BCUT2D eigenvalue weighted by atomic mass is 32.2. The van der Waals surface area contributed by atoms with E-state index in [-0.39, 0.29) is 5.56 Å². The molecule has 34 heavy (non-hydrogen) atoms. The lowest BCUT2D eigenvalue weighted by atomic mass is 10.1. The molecule has 0 atom stereocenters. The molecule has 0 saturated carbocycles. The van der Waals surface area contributed by atoms with E-state index in [9.17, 15) is 4.79 Å². The van der Waals surface area contributed by atoms with E-state index in [4.69, 9.17) is 0 Å². The van der Waals surface area contributed by atoms with E-state index in [1.165, 1.54) is 33.1 Å². The summed E-state index contributed by atoms with van der Waals surface area (Å²) >= 11 is 3.19. The van der Waals surface area contributed by atoms with Crippen molar-refractivity contribution in [1.29, 1.82) is 0 Å². The van der Waals surface area contributed by atoms with Crippen LogP contribution in [0.3, 0.4) is 0 Å². The fraction of sp³-hybridized carbons (Fsp3) is 0.0714. The lowest BCUT2D eigenvalue weighted by molar-refractivity contribution is 0.557. The monoisotopic (exact) mass is 479 g/mol. The summed E-state index contributed by atoms with van der Waals surface area (Å²) in [5.74, 6) is 0. The molecule has 1 aliphatic heterocycles. The highest BCUT2D eigenvalue weighted by molar-refractivity contribution is 8.12. The second-order valence-corrected chi connectivity index (χ2v) is 9.96. The Hall–Kier alpha value is -3.61. The van der Waals surface area contributed by atoms with Gasteiger partial charge >= 0.3 is 0 Å². The van der Waals surface area contributed by atoms with E-state index < -0.39 is 0 Å². The molecule has 3 heterocycles. The Labute approximate surface area is 205 Å². The zero-order valence-corrected chi connectivity index (χ0v) is 20.1. The molecule has 0 aliphatic carbocycles. The van der Waals surface area contributed by atoms with Crippen LogP contribution in [0.1, 0.15) is 18.1 Å². The molecule has 0 N–H and O–H groups in total. The molecule has 0 spiro atoms. The normalized spacial score (nSPS) is 16.0. The number of allylic oxidation sites excluding steroid dienone is 1. The summed E-state index contributed by atoms with van der Waals surface area (Å²) in [7, 11) is 0. The van der Waals surface area contributed by atoms with E-state index in [0.717, 1.165) is 27.6 Å². The van der Waals surface area contributed by atoms with Crippen LogP contribution >= 0.6 is 23.1 Å². The Morgan fingerprint density at radius 1 is 0.853 bits per heavy atom. The number of thioether (sulfide) groups is 1. The van der Waals surface area contributed by atoms with Gasteiger partial charge < -0.3 is 4.90 Å². The molecule has 6 rings (SSSR count). The van der Waals surface area contributed by atoms with Crippen LogP contribution in [0.25, 0.3) is 32.7 Å². The standard InChI is InChI=1S/C28H21N3OS2/c1-2-30-24(18-17-23-27(32)31-22-16-10-9-15-21(22)29-28(31)33-23)34-26(20-13-7-4-8-14-20)25(30)19-11-5-3-6-12-19/h3-18H,2H2,1H3/b23-17+,24-18-. The van der Waals surface area contributed by atoms with E-state index in [1.807, 2.05) is 42.5 Å². The molecule has 2 aromatic heterocycles. The number of rotatable bonds is 4. The van der Waals surface area contributed by atoms with Gasteiger partial charge in [0.2, 0.25) is 0 Å². The third kappa shape index (κ3) is 3.47. The van der Waals surface area contributed by atoms with Gasteiger partial charge in [0.15, 0.2) is 4.96 Å². The number of aromatic nitrogens is 2. The van der Waals surface area contributed by atoms with E-state index in [2.05, 4.69) is 71.4 Å². The van der Waals surface area contributed by atoms with Crippen molar-refractivity contribution >= 4 is 55.8 Å². The van der Waals surface area contributed by atoms with Crippen molar-refractivity contribution in [3.05, 3.63) is 122 Å². The van der Waals surface area contributed by atoms with Gasteiger partial charge in [-0.2, -0.15) is 0 Å². The van der Waals surface area contributed by atoms with Gasteiger partial charge in [0.05, 0.1) is 26.3 Å². The van der Waals surface area contributed by atoms with Gasteiger partial charge in [-0.3, -0.25) is 4.79 Å². The van der Waals surface area contributed by atoms with E-state index in [1.54, 1.807) is 16.2 Å². The largest absolute Gasteiger partial charge is 0.335 e. The molecule has 6 heteroatoms. The molecule has 5 aromatic rings. The van der Waals surface area contributed by atoms with E-state index >= 15 is 0 Å². The number of imidazole rings is 1. The first-order valence-corrected chi connectivity index (χ1v) is 12.8. The van der Waals surface area contributed by atoms with Gasteiger partial charge in [0.1, 0.15) is 0 Å². The number of para-hydroxylation sites is 2. The van der Waals surface area contributed by atoms with Crippen molar-refractivity contribution < 1.29 is 0 Å². The van der Waals surface area contributed by atoms with Gasteiger partial charge in [0, 0.05) is 11.4 Å². The maximum atomic E-state index is 13.2. The van der Waals surface area contributed by atoms with Gasteiger partial charge in [-0.1, -0.05) is 95.9 Å². The highest BCUT2D eigenvalue weighted by Gasteiger charge is 2.28. The fourth-order valence-electron chi connectivity index (χ4n) is 4.32. The van der Waals surface area contributed by atoms with Crippen molar-refractivity contribution in [2.24, 2.45) is 0 Å². The Morgan fingerprint density at radius 2 is 1.53 bits per heavy atom. The average molecular weight is 480 g/mol.